The Morgan fingerprint density at radius 3 is 2.91 bits per heavy atom. The largest absolute Gasteiger partial charge is 0.336 e. The molecule has 1 N–H and O–H groups in total. The lowest BCUT2D eigenvalue weighted by atomic mass is 10.1. The van der Waals surface area contributed by atoms with Crippen LogP contribution in [0.2, 0.25) is 0 Å². The van der Waals surface area contributed by atoms with Crippen molar-refractivity contribution in [1.82, 2.24) is 10.1 Å². The van der Waals surface area contributed by atoms with E-state index in [1.54, 1.807) is 44.2 Å². The van der Waals surface area contributed by atoms with Crippen LogP contribution in [0.3, 0.4) is 0 Å². The minimum Gasteiger partial charge on any atom is -0.336 e. The van der Waals surface area contributed by atoms with Crippen LogP contribution in [-0.2, 0) is 0 Å². The third-order valence-corrected chi connectivity index (χ3v) is 3.28. The molecule has 0 aliphatic heterocycles. The van der Waals surface area contributed by atoms with Gasteiger partial charge in [0.1, 0.15) is 0 Å². The van der Waals surface area contributed by atoms with Gasteiger partial charge in [0.15, 0.2) is 0 Å². The van der Waals surface area contributed by atoms with Crippen LogP contribution >= 0.6 is 0 Å². The van der Waals surface area contributed by atoms with Crippen LogP contribution in [0.5, 0.6) is 0 Å². The number of terminal acetylenes is 1. The molecule has 0 saturated heterocycles. The van der Waals surface area contributed by atoms with Gasteiger partial charge in [0.2, 0.25) is 0 Å². The lowest BCUT2D eigenvalue weighted by Gasteiger charge is -2.07. The molecule has 108 valence electrons. The van der Waals surface area contributed by atoms with Gasteiger partial charge in [0, 0.05) is 16.9 Å². The summed E-state index contributed by atoms with van der Waals surface area (Å²) < 4.78 is 5.14. The second-order valence-corrected chi connectivity index (χ2v) is 4.94. The molecule has 1 aromatic carbocycles. The predicted octanol–water partition coefficient (Wildman–Crippen LogP) is 3.07. The number of anilines is 1. The Morgan fingerprint density at radius 2 is 2.14 bits per heavy atom. The third kappa shape index (κ3) is 2.42. The summed E-state index contributed by atoms with van der Waals surface area (Å²) in [7, 11) is 0. The van der Waals surface area contributed by atoms with E-state index in [2.05, 4.69) is 21.4 Å². The van der Waals surface area contributed by atoms with Gasteiger partial charge in [-0.15, -0.1) is 6.42 Å². The maximum atomic E-state index is 12.6. The van der Waals surface area contributed by atoms with Crippen molar-refractivity contribution in [1.29, 1.82) is 0 Å². The van der Waals surface area contributed by atoms with E-state index >= 15 is 0 Å². The molecule has 5 heteroatoms. The van der Waals surface area contributed by atoms with Crippen LogP contribution in [0.25, 0.3) is 11.1 Å². The first-order chi connectivity index (χ1) is 10.6. The number of hydrogen-bond donors (Lipinski definition) is 1. The number of rotatable bonds is 2. The Bertz CT molecular complexity index is 919. The highest BCUT2D eigenvalue weighted by atomic mass is 16.5. The molecule has 0 saturated carbocycles. The molecule has 0 aliphatic rings. The summed E-state index contributed by atoms with van der Waals surface area (Å²) in [5.74, 6) is 2.28. The molecular weight excluding hydrogens is 278 g/mol. The zero-order chi connectivity index (χ0) is 15.7. The number of nitrogens with one attached hydrogen (secondary N) is 1. The zero-order valence-electron chi connectivity index (χ0n) is 12.2. The van der Waals surface area contributed by atoms with Gasteiger partial charge in [-0.2, -0.15) is 0 Å². The lowest BCUT2D eigenvalue weighted by Crippen LogP contribution is -2.13. The van der Waals surface area contributed by atoms with Crippen LogP contribution < -0.4 is 5.32 Å². The van der Waals surface area contributed by atoms with Crippen LogP contribution in [0.15, 0.2) is 34.9 Å². The quantitative estimate of drug-likeness (QED) is 0.737. The standard InChI is InChI=1S/C17H13N3O2/c1-4-12-6-5-7-13(9-12)19-16(21)14-8-10(2)18-17-15(14)11(3)20-22-17/h1,5-9H,2-3H3,(H,19,21). The molecule has 0 aliphatic carbocycles. The van der Waals surface area contributed by atoms with E-state index in [9.17, 15) is 4.79 Å². The Morgan fingerprint density at radius 1 is 1.32 bits per heavy atom. The van der Waals surface area contributed by atoms with Crippen LogP contribution in [0, 0.1) is 26.2 Å². The van der Waals surface area contributed by atoms with Crippen LogP contribution in [0.1, 0.15) is 27.3 Å². The second kappa shape index (κ2) is 5.34. The van der Waals surface area contributed by atoms with Crippen molar-refractivity contribution >= 4 is 22.7 Å². The second-order valence-electron chi connectivity index (χ2n) is 4.94. The number of aromatic nitrogens is 2. The number of fused-ring (bicyclic) bond motifs is 1. The summed E-state index contributed by atoms with van der Waals surface area (Å²) in [6.45, 7) is 3.58. The fraction of sp³-hybridized carbons (Fsp3) is 0.118. The number of amides is 1. The number of hydrogen-bond acceptors (Lipinski definition) is 4. The molecule has 2 heterocycles. The van der Waals surface area contributed by atoms with E-state index in [1.807, 2.05) is 0 Å². The summed E-state index contributed by atoms with van der Waals surface area (Å²) in [6, 6.07) is 8.83. The minimum absolute atomic E-state index is 0.254. The Labute approximate surface area is 127 Å². The van der Waals surface area contributed by atoms with Crippen LogP contribution in [0.4, 0.5) is 5.69 Å². The molecular formula is C17H13N3O2. The summed E-state index contributed by atoms with van der Waals surface area (Å²) in [6.07, 6.45) is 5.37. The molecule has 0 radical (unpaired) electrons. The molecule has 0 spiro atoms. The zero-order valence-corrected chi connectivity index (χ0v) is 12.2. The van der Waals surface area contributed by atoms with E-state index in [0.29, 0.717) is 39.3 Å². The average Bonchev–Trinajstić information content (AvgIpc) is 2.87. The molecule has 3 rings (SSSR count). The Kier molecular flexibility index (Phi) is 3.36. The summed E-state index contributed by atoms with van der Waals surface area (Å²) in [4.78, 5) is 16.8. The Hall–Kier alpha value is -3.13. The average molecular weight is 291 g/mol. The number of carbonyl (C=O) groups is 1. The SMILES string of the molecule is C#Cc1cccc(NC(=O)c2cc(C)nc3onc(C)c23)c1. The van der Waals surface area contributed by atoms with Crippen LogP contribution in [-0.4, -0.2) is 16.0 Å². The first kappa shape index (κ1) is 13.8. The Balaban J connectivity index is 2.02. The van der Waals surface area contributed by atoms with Crippen molar-refractivity contribution in [3.05, 3.63) is 52.8 Å². The van der Waals surface area contributed by atoms with Crippen molar-refractivity contribution in [3.63, 3.8) is 0 Å². The topological polar surface area (TPSA) is 68.0 Å². The molecule has 22 heavy (non-hydrogen) atoms. The van der Waals surface area contributed by atoms with E-state index in [4.69, 9.17) is 10.9 Å². The van der Waals surface area contributed by atoms with E-state index in [1.165, 1.54) is 0 Å². The number of carbonyl (C=O) groups excluding carboxylic acids is 1. The molecule has 0 fully saturated rings. The number of benzene rings is 1. The predicted molar refractivity (Wildman–Crippen MR) is 83.6 cm³/mol. The van der Waals surface area contributed by atoms with Gasteiger partial charge < -0.3 is 9.84 Å². The number of aryl methyl sites for hydroxylation is 2. The molecule has 5 nitrogen and oxygen atoms in total. The summed E-state index contributed by atoms with van der Waals surface area (Å²) in [5, 5.41) is 7.33. The van der Waals surface area contributed by atoms with Gasteiger partial charge in [-0.05, 0) is 38.1 Å². The van der Waals surface area contributed by atoms with Gasteiger partial charge in [-0.3, -0.25) is 4.79 Å². The van der Waals surface area contributed by atoms with E-state index < -0.39 is 0 Å². The van der Waals surface area contributed by atoms with Gasteiger partial charge in [-0.1, -0.05) is 17.1 Å². The number of nitrogens with zero attached hydrogens (tertiary/aromatic N) is 2. The highest BCUT2D eigenvalue weighted by molar-refractivity contribution is 6.12. The normalized spacial score (nSPS) is 10.4. The van der Waals surface area contributed by atoms with E-state index in [-0.39, 0.29) is 5.91 Å². The lowest BCUT2D eigenvalue weighted by molar-refractivity contribution is 0.102. The minimum atomic E-state index is -0.254. The monoisotopic (exact) mass is 291 g/mol. The van der Waals surface area contributed by atoms with Gasteiger partial charge in [0.05, 0.1) is 16.6 Å². The van der Waals surface area contributed by atoms with Gasteiger partial charge >= 0.3 is 0 Å². The van der Waals surface area contributed by atoms with Crippen molar-refractivity contribution in [2.24, 2.45) is 0 Å². The molecule has 0 atom stereocenters. The van der Waals surface area contributed by atoms with Crippen molar-refractivity contribution in [2.45, 2.75) is 13.8 Å². The first-order valence-corrected chi connectivity index (χ1v) is 6.70. The molecule has 1 amide bonds. The van der Waals surface area contributed by atoms with Gasteiger partial charge in [-0.25, -0.2) is 4.98 Å². The highest BCUT2D eigenvalue weighted by Gasteiger charge is 2.17. The highest BCUT2D eigenvalue weighted by Crippen LogP contribution is 2.23. The first-order valence-electron chi connectivity index (χ1n) is 6.70. The molecule has 3 aromatic rings. The van der Waals surface area contributed by atoms with Crippen molar-refractivity contribution < 1.29 is 9.32 Å². The van der Waals surface area contributed by atoms with Crippen molar-refractivity contribution in [2.75, 3.05) is 5.32 Å². The fourth-order valence-corrected chi connectivity index (χ4v) is 2.28. The van der Waals surface area contributed by atoms with Crippen molar-refractivity contribution in [3.8, 4) is 12.3 Å². The number of pyridine rings is 1. The fourth-order valence-electron chi connectivity index (χ4n) is 2.28. The molecule has 2 aromatic heterocycles. The third-order valence-electron chi connectivity index (χ3n) is 3.28. The molecule has 0 unspecified atom stereocenters. The smallest absolute Gasteiger partial charge is 0.258 e. The molecule has 0 bridgehead atoms. The maximum Gasteiger partial charge on any atom is 0.258 e. The maximum absolute atomic E-state index is 12.6. The summed E-state index contributed by atoms with van der Waals surface area (Å²) in [5.41, 5.74) is 3.50. The summed E-state index contributed by atoms with van der Waals surface area (Å²) >= 11 is 0. The van der Waals surface area contributed by atoms with Gasteiger partial charge in [0.25, 0.3) is 11.6 Å². The van der Waals surface area contributed by atoms with E-state index in [0.717, 1.165) is 0 Å².